The molecule has 0 heterocycles. The lowest BCUT2D eigenvalue weighted by Gasteiger charge is -2.10. The predicted molar refractivity (Wildman–Crippen MR) is 62.1 cm³/mol. The number of carboxylic acids is 1. The first kappa shape index (κ1) is 13.6. The molecule has 0 saturated heterocycles. The van der Waals surface area contributed by atoms with Gasteiger partial charge in [0, 0.05) is 13.0 Å². The van der Waals surface area contributed by atoms with Crippen LogP contribution in [0.25, 0.3) is 0 Å². The Morgan fingerprint density at radius 2 is 2.06 bits per heavy atom. The Kier molecular flexibility index (Phi) is 6.24. The molecule has 94 valence electrons. The second-order valence-electron chi connectivity index (χ2n) is 3.71. The SMILES string of the molecule is O=C(O)CCC(O)CNOCc1ccccc1. The van der Waals surface area contributed by atoms with E-state index in [0.717, 1.165) is 5.56 Å². The van der Waals surface area contributed by atoms with Crippen molar-refractivity contribution in [2.75, 3.05) is 6.54 Å². The van der Waals surface area contributed by atoms with Crippen LogP contribution in [-0.4, -0.2) is 28.8 Å². The van der Waals surface area contributed by atoms with Gasteiger partial charge in [-0.3, -0.25) is 9.63 Å². The van der Waals surface area contributed by atoms with Crippen LogP contribution in [0.2, 0.25) is 0 Å². The molecule has 0 aliphatic carbocycles. The molecule has 1 aromatic carbocycles. The molecule has 0 aliphatic heterocycles. The van der Waals surface area contributed by atoms with Gasteiger partial charge >= 0.3 is 5.97 Å². The highest BCUT2D eigenvalue weighted by Crippen LogP contribution is 2.00. The molecule has 0 fully saturated rings. The van der Waals surface area contributed by atoms with Gasteiger partial charge < -0.3 is 10.2 Å². The Bertz CT molecular complexity index is 329. The van der Waals surface area contributed by atoms with Gasteiger partial charge in [-0.15, -0.1) is 0 Å². The molecule has 0 saturated carbocycles. The maximum atomic E-state index is 10.3. The van der Waals surface area contributed by atoms with Gasteiger partial charge in [0.15, 0.2) is 0 Å². The largest absolute Gasteiger partial charge is 0.481 e. The molecule has 1 aromatic rings. The lowest BCUT2D eigenvalue weighted by molar-refractivity contribution is -0.137. The lowest BCUT2D eigenvalue weighted by Crippen LogP contribution is -2.27. The molecule has 0 amide bonds. The van der Waals surface area contributed by atoms with Gasteiger partial charge in [0.2, 0.25) is 0 Å². The Morgan fingerprint density at radius 1 is 1.35 bits per heavy atom. The van der Waals surface area contributed by atoms with Crippen LogP contribution in [0.15, 0.2) is 30.3 Å². The van der Waals surface area contributed by atoms with Crippen molar-refractivity contribution in [3.63, 3.8) is 0 Å². The van der Waals surface area contributed by atoms with Gasteiger partial charge in [0.05, 0.1) is 12.7 Å². The summed E-state index contributed by atoms with van der Waals surface area (Å²) in [7, 11) is 0. The van der Waals surface area contributed by atoms with Crippen LogP contribution in [-0.2, 0) is 16.2 Å². The third kappa shape index (κ3) is 6.68. The van der Waals surface area contributed by atoms with Crippen LogP contribution in [0, 0.1) is 0 Å². The van der Waals surface area contributed by atoms with Crippen LogP contribution in [0.4, 0.5) is 0 Å². The van der Waals surface area contributed by atoms with E-state index in [2.05, 4.69) is 5.48 Å². The number of hydrogen-bond donors (Lipinski definition) is 3. The Balaban J connectivity index is 2.06. The van der Waals surface area contributed by atoms with Crippen molar-refractivity contribution in [1.82, 2.24) is 5.48 Å². The van der Waals surface area contributed by atoms with Gasteiger partial charge in [0.1, 0.15) is 0 Å². The first-order valence-corrected chi connectivity index (χ1v) is 5.47. The fourth-order valence-electron chi connectivity index (χ4n) is 1.26. The zero-order chi connectivity index (χ0) is 12.5. The molecular weight excluding hydrogens is 222 g/mol. The van der Waals surface area contributed by atoms with E-state index in [-0.39, 0.29) is 19.4 Å². The van der Waals surface area contributed by atoms with Crippen LogP contribution in [0.3, 0.4) is 0 Å². The number of benzene rings is 1. The van der Waals surface area contributed by atoms with Crippen molar-refractivity contribution in [3.05, 3.63) is 35.9 Å². The number of carbonyl (C=O) groups is 1. The fourth-order valence-corrected chi connectivity index (χ4v) is 1.26. The van der Waals surface area contributed by atoms with Crippen LogP contribution < -0.4 is 5.48 Å². The number of aliphatic carboxylic acids is 1. The summed E-state index contributed by atoms with van der Waals surface area (Å²) in [5.41, 5.74) is 3.64. The van der Waals surface area contributed by atoms with Gasteiger partial charge in [-0.1, -0.05) is 30.3 Å². The van der Waals surface area contributed by atoms with Gasteiger partial charge in [0.25, 0.3) is 0 Å². The molecule has 1 rings (SSSR count). The first-order valence-electron chi connectivity index (χ1n) is 5.47. The highest BCUT2D eigenvalue weighted by molar-refractivity contribution is 5.66. The van der Waals surface area contributed by atoms with Gasteiger partial charge in [-0.25, -0.2) is 0 Å². The van der Waals surface area contributed by atoms with Gasteiger partial charge in [-0.2, -0.15) is 5.48 Å². The van der Waals surface area contributed by atoms with E-state index in [9.17, 15) is 9.90 Å². The Labute approximate surface area is 100.0 Å². The summed E-state index contributed by atoms with van der Waals surface area (Å²) in [6.45, 7) is 0.632. The second kappa shape index (κ2) is 7.78. The van der Waals surface area contributed by atoms with Crippen molar-refractivity contribution < 1.29 is 19.8 Å². The molecule has 0 bridgehead atoms. The quantitative estimate of drug-likeness (QED) is 0.464. The molecule has 0 spiro atoms. The summed E-state index contributed by atoms with van der Waals surface area (Å²) in [6, 6.07) is 9.62. The highest BCUT2D eigenvalue weighted by atomic mass is 16.6. The molecule has 0 radical (unpaired) electrons. The van der Waals surface area contributed by atoms with Gasteiger partial charge in [-0.05, 0) is 12.0 Å². The lowest BCUT2D eigenvalue weighted by atomic mass is 10.2. The summed E-state index contributed by atoms with van der Waals surface area (Å²) < 4.78 is 0. The van der Waals surface area contributed by atoms with Crippen molar-refractivity contribution in [3.8, 4) is 0 Å². The predicted octanol–water partition coefficient (Wildman–Crippen LogP) is 0.933. The van der Waals surface area contributed by atoms with E-state index in [1.165, 1.54) is 0 Å². The van der Waals surface area contributed by atoms with E-state index < -0.39 is 12.1 Å². The number of aliphatic hydroxyl groups excluding tert-OH is 1. The van der Waals surface area contributed by atoms with Crippen LogP contribution in [0.1, 0.15) is 18.4 Å². The molecule has 1 atom stereocenters. The van der Waals surface area contributed by atoms with E-state index in [1.54, 1.807) is 0 Å². The maximum absolute atomic E-state index is 10.3. The summed E-state index contributed by atoms with van der Waals surface area (Å²) in [5, 5.41) is 17.8. The fraction of sp³-hybridized carbons (Fsp3) is 0.417. The van der Waals surface area contributed by atoms with Crippen LogP contribution >= 0.6 is 0 Å². The van der Waals surface area contributed by atoms with Crippen molar-refractivity contribution in [2.45, 2.75) is 25.6 Å². The average Bonchev–Trinajstić information content (AvgIpc) is 2.33. The monoisotopic (exact) mass is 239 g/mol. The maximum Gasteiger partial charge on any atom is 0.303 e. The van der Waals surface area contributed by atoms with E-state index >= 15 is 0 Å². The second-order valence-corrected chi connectivity index (χ2v) is 3.71. The van der Waals surface area contributed by atoms with Crippen molar-refractivity contribution in [2.24, 2.45) is 0 Å². The summed E-state index contributed by atoms with van der Waals surface area (Å²) >= 11 is 0. The molecule has 17 heavy (non-hydrogen) atoms. The molecular formula is C12H17NO4. The average molecular weight is 239 g/mol. The Morgan fingerprint density at radius 3 is 2.71 bits per heavy atom. The smallest absolute Gasteiger partial charge is 0.303 e. The minimum Gasteiger partial charge on any atom is -0.481 e. The molecule has 1 unspecified atom stereocenters. The number of carboxylic acid groups (broad SMARTS) is 1. The zero-order valence-electron chi connectivity index (χ0n) is 9.50. The van der Waals surface area contributed by atoms with Crippen molar-refractivity contribution in [1.29, 1.82) is 0 Å². The van der Waals surface area contributed by atoms with Crippen molar-refractivity contribution >= 4 is 5.97 Å². The number of nitrogens with one attached hydrogen (secondary N) is 1. The standard InChI is InChI=1S/C12H17NO4/c14-11(6-7-12(15)16)8-13-17-9-10-4-2-1-3-5-10/h1-5,11,13-14H,6-9H2,(H,15,16). The normalized spacial score (nSPS) is 12.3. The summed E-state index contributed by atoms with van der Waals surface area (Å²) in [5.74, 6) is -0.908. The molecule has 0 aromatic heterocycles. The zero-order valence-corrected chi connectivity index (χ0v) is 9.50. The van der Waals surface area contributed by atoms with E-state index in [0.29, 0.717) is 6.61 Å². The number of aliphatic hydroxyl groups is 1. The first-order chi connectivity index (χ1) is 8.18. The minimum absolute atomic E-state index is 0.0401. The van der Waals surface area contributed by atoms with E-state index in [4.69, 9.17) is 9.94 Å². The van der Waals surface area contributed by atoms with Crippen LogP contribution in [0.5, 0.6) is 0 Å². The third-order valence-corrected chi connectivity index (χ3v) is 2.19. The number of hydrogen-bond acceptors (Lipinski definition) is 4. The molecule has 3 N–H and O–H groups in total. The molecule has 5 heteroatoms. The number of hydroxylamine groups is 1. The topological polar surface area (TPSA) is 78.8 Å². The third-order valence-electron chi connectivity index (χ3n) is 2.19. The molecule has 0 aliphatic rings. The minimum atomic E-state index is -0.908. The van der Waals surface area contributed by atoms with E-state index in [1.807, 2.05) is 30.3 Å². The highest BCUT2D eigenvalue weighted by Gasteiger charge is 2.06. The number of rotatable bonds is 8. The summed E-state index contributed by atoms with van der Waals surface area (Å²) in [4.78, 5) is 15.4. The molecule has 5 nitrogen and oxygen atoms in total. The Hall–Kier alpha value is -1.43. The summed E-state index contributed by atoms with van der Waals surface area (Å²) in [6.07, 6.45) is -0.527.